The van der Waals surface area contributed by atoms with Crippen molar-refractivity contribution in [2.75, 3.05) is 19.7 Å². The molecule has 6 fully saturated rings. The van der Waals surface area contributed by atoms with Crippen molar-refractivity contribution in [3.63, 3.8) is 0 Å². The van der Waals surface area contributed by atoms with Gasteiger partial charge in [0, 0.05) is 31.2 Å². The number of nitrogens with two attached hydrogens (primary N) is 1. The zero-order chi connectivity index (χ0) is 23.2. The van der Waals surface area contributed by atoms with E-state index >= 15 is 0 Å². The maximum atomic E-state index is 11.2. The fraction of sp³-hybridized carbons (Fsp3) is 0.741. The molecule has 1 aliphatic heterocycles. The Kier molecular flexibility index (Phi) is 6.08. The molecule has 7 heteroatoms. The third-order valence-electron chi connectivity index (χ3n) is 9.14. The molecule has 7 rings (SSSR count). The number of ether oxygens (including phenoxy) is 2. The van der Waals surface area contributed by atoms with Crippen LogP contribution in [0.4, 0.5) is 0 Å². The molecule has 4 bridgehead atoms. The van der Waals surface area contributed by atoms with Gasteiger partial charge in [0.25, 0.3) is 0 Å². The molecule has 1 saturated heterocycles. The average Bonchev–Trinajstić information content (AvgIpc) is 3.22. The topological polar surface area (TPSA) is 92.0 Å². The summed E-state index contributed by atoms with van der Waals surface area (Å²) in [7, 11) is 0. The Morgan fingerprint density at radius 1 is 1.00 bits per heavy atom. The van der Waals surface area contributed by atoms with Gasteiger partial charge in [0.05, 0.1) is 13.2 Å². The van der Waals surface area contributed by atoms with Crippen molar-refractivity contribution in [1.82, 2.24) is 5.32 Å². The van der Waals surface area contributed by atoms with E-state index in [2.05, 4.69) is 17.4 Å². The first-order valence-electron chi connectivity index (χ1n) is 13.3. The Bertz CT molecular complexity index is 852. The van der Waals surface area contributed by atoms with Crippen molar-refractivity contribution in [2.24, 2.45) is 29.4 Å². The summed E-state index contributed by atoms with van der Waals surface area (Å²) in [5, 5.41) is 2.75. The van der Waals surface area contributed by atoms with Crippen LogP contribution in [0.2, 0.25) is 0 Å². The highest BCUT2D eigenvalue weighted by Gasteiger charge is 2.66. The largest absolute Gasteiger partial charge is 0.494 e. The number of rotatable bonds is 7. The molecule has 34 heavy (non-hydrogen) atoms. The van der Waals surface area contributed by atoms with Gasteiger partial charge in [0.15, 0.2) is 0 Å². The Labute approximate surface area is 202 Å². The summed E-state index contributed by atoms with van der Waals surface area (Å²) in [5.41, 5.74) is 6.63. The van der Waals surface area contributed by atoms with Gasteiger partial charge in [-0.05, 0) is 86.8 Å². The van der Waals surface area contributed by atoms with Crippen LogP contribution in [0.25, 0.3) is 0 Å². The molecule has 1 heterocycles. The molecule has 186 valence electrons. The molecule has 7 nitrogen and oxygen atoms in total. The standard InChI is InChI=1S/C27H38N2O5/c28-17-25(30)29-10-1-11-31-24-4-2-20(3-5-24)21-6-8-26(9-7-21)32-27(34-33-26)22-13-18-12-19(15-22)16-23(27)14-18/h2-5,18-19,21-23H,1,6-17,28H2,(H,29,30). The van der Waals surface area contributed by atoms with E-state index in [1.807, 2.05) is 12.1 Å². The molecule has 1 aromatic carbocycles. The van der Waals surface area contributed by atoms with Crippen molar-refractivity contribution >= 4 is 5.91 Å². The first kappa shape index (κ1) is 22.8. The predicted molar refractivity (Wildman–Crippen MR) is 126 cm³/mol. The summed E-state index contributed by atoms with van der Waals surface area (Å²) in [6.07, 6.45) is 11.1. The lowest BCUT2D eigenvalue weighted by molar-refractivity contribution is -0.390. The van der Waals surface area contributed by atoms with E-state index in [4.69, 9.17) is 25.0 Å². The molecular formula is C27H38N2O5. The maximum Gasteiger partial charge on any atom is 0.233 e. The van der Waals surface area contributed by atoms with Crippen LogP contribution < -0.4 is 15.8 Å². The fourth-order valence-electron chi connectivity index (χ4n) is 7.58. The minimum absolute atomic E-state index is 0.0264. The summed E-state index contributed by atoms with van der Waals surface area (Å²) in [6.45, 7) is 1.17. The van der Waals surface area contributed by atoms with Crippen LogP contribution in [0, 0.1) is 23.7 Å². The third kappa shape index (κ3) is 4.15. The number of hydrogen-bond acceptors (Lipinski definition) is 6. The van der Waals surface area contributed by atoms with E-state index in [0.29, 0.717) is 30.9 Å². The molecule has 0 radical (unpaired) electrons. The normalized spacial score (nSPS) is 40.2. The number of carbonyl (C=O) groups excluding carboxylic acids is 1. The smallest absolute Gasteiger partial charge is 0.233 e. The maximum absolute atomic E-state index is 11.2. The van der Waals surface area contributed by atoms with Gasteiger partial charge < -0.3 is 20.5 Å². The molecule has 2 spiro atoms. The fourth-order valence-corrected chi connectivity index (χ4v) is 7.58. The molecule has 3 N–H and O–H groups in total. The van der Waals surface area contributed by atoms with E-state index in [1.54, 1.807) is 0 Å². The van der Waals surface area contributed by atoms with Crippen molar-refractivity contribution in [2.45, 2.75) is 81.7 Å². The lowest BCUT2D eigenvalue weighted by atomic mass is 9.53. The molecule has 0 aromatic heterocycles. The SMILES string of the molecule is NCC(=O)NCCCOc1ccc(C2CCC3(CC2)OOC2(O3)C3CC4CC(C3)CC2C4)cc1. The minimum Gasteiger partial charge on any atom is -0.494 e. The van der Waals surface area contributed by atoms with Crippen molar-refractivity contribution in [3.8, 4) is 5.75 Å². The lowest BCUT2D eigenvalue weighted by Crippen LogP contribution is -2.59. The van der Waals surface area contributed by atoms with Crippen LogP contribution in [0.1, 0.15) is 75.7 Å². The van der Waals surface area contributed by atoms with Crippen LogP contribution in [-0.2, 0) is 19.3 Å². The van der Waals surface area contributed by atoms with Gasteiger partial charge in [0.1, 0.15) is 5.75 Å². The van der Waals surface area contributed by atoms with Gasteiger partial charge in [-0.3, -0.25) is 4.79 Å². The second kappa shape index (κ2) is 9.08. The molecule has 6 aliphatic rings. The van der Waals surface area contributed by atoms with E-state index in [0.717, 1.165) is 49.7 Å². The van der Waals surface area contributed by atoms with Crippen molar-refractivity contribution in [3.05, 3.63) is 29.8 Å². The molecule has 0 unspecified atom stereocenters. The van der Waals surface area contributed by atoms with E-state index in [9.17, 15) is 4.79 Å². The van der Waals surface area contributed by atoms with Gasteiger partial charge in [-0.15, -0.1) is 0 Å². The number of carbonyl (C=O) groups is 1. The Hall–Kier alpha value is -1.67. The summed E-state index contributed by atoms with van der Waals surface area (Å²) in [5.74, 6) is 3.03. The lowest BCUT2D eigenvalue weighted by Gasteiger charge is -2.57. The van der Waals surface area contributed by atoms with Crippen molar-refractivity contribution in [1.29, 1.82) is 0 Å². The summed E-state index contributed by atoms with van der Waals surface area (Å²) >= 11 is 0. The quantitative estimate of drug-likeness (QED) is 0.462. The Morgan fingerprint density at radius 2 is 1.68 bits per heavy atom. The average molecular weight is 471 g/mol. The number of hydrogen-bond donors (Lipinski definition) is 2. The molecule has 5 aliphatic carbocycles. The molecule has 0 atom stereocenters. The number of amides is 1. The Morgan fingerprint density at radius 3 is 2.32 bits per heavy atom. The predicted octanol–water partition coefficient (Wildman–Crippen LogP) is 4.02. The monoisotopic (exact) mass is 470 g/mol. The Balaban J connectivity index is 0.996. The van der Waals surface area contributed by atoms with Gasteiger partial charge in [-0.25, -0.2) is 0 Å². The first-order chi connectivity index (χ1) is 16.6. The van der Waals surface area contributed by atoms with Crippen LogP contribution in [-0.4, -0.2) is 37.2 Å². The zero-order valence-electron chi connectivity index (χ0n) is 20.0. The van der Waals surface area contributed by atoms with Crippen LogP contribution >= 0.6 is 0 Å². The van der Waals surface area contributed by atoms with E-state index in [1.165, 1.54) is 37.7 Å². The molecule has 5 saturated carbocycles. The second-order valence-electron chi connectivity index (χ2n) is 11.3. The molecular weight excluding hydrogens is 432 g/mol. The van der Waals surface area contributed by atoms with Crippen molar-refractivity contribution < 1.29 is 24.0 Å². The summed E-state index contributed by atoms with van der Waals surface area (Å²) in [6, 6.07) is 8.46. The third-order valence-corrected chi connectivity index (χ3v) is 9.14. The highest BCUT2D eigenvalue weighted by Crippen LogP contribution is 2.64. The van der Waals surface area contributed by atoms with Crippen LogP contribution in [0.5, 0.6) is 5.75 Å². The highest BCUT2D eigenvalue weighted by molar-refractivity contribution is 5.77. The number of benzene rings is 1. The summed E-state index contributed by atoms with van der Waals surface area (Å²) in [4.78, 5) is 23.4. The molecule has 1 amide bonds. The van der Waals surface area contributed by atoms with Gasteiger partial charge in [-0.1, -0.05) is 12.1 Å². The summed E-state index contributed by atoms with van der Waals surface area (Å²) < 4.78 is 12.7. The van der Waals surface area contributed by atoms with E-state index in [-0.39, 0.29) is 12.5 Å². The highest BCUT2D eigenvalue weighted by atomic mass is 17.3. The van der Waals surface area contributed by atoms with Gasteiger partial charge >= 0.3 is 0 Å². The van der Waals surface area contributed by atoms with Crippen LogP contribution in [0.15, 0.2) is 24.3 Å². The van der Waals surface area contributed by atoms with E-state index < -0.39 is 11.6 Å². The van der Waals surface area contributed by atoms with Gasteiger partial charge in [-0.2, -0.15) is 9.78 Å². The number of nitrogens with one attached hydrogen (secondary N) is 1. The first-order valence-corrected chi connectivity index (χ1v) is 13.3. The van der Waals surface area contributed by atoms with Gasteiger partial charge in [0.2, 0.25) is 17.5 Å². The second-order valence-corrected chi connectivity index (χ2v) is 11.3. The zero-order valence-corrected chi connectivity index (χ0v) is 20.0. The van der Waals surface area contributed by atoms with Crippen LogP contribution in [0.3, 0.4) is 0 Å². The minimum atomic E-state index is -0.547. The molecule has 1 aromatic rings.